The van der Waals surface area contributed by atoms with Gasteiger partial charge in [0.15, 0.2) is 5.79 Å². The van der Waals surface area contributed by atoms with Gasteiger partial charge in [-0.3, -0.25) is 0 Å². The smallest absolute Gasteiger partial charge is 0.168 e. The fourth-order valence-electron chi connectivity index (χ4n) is 2.19. The predicted octanol–water partition coefficient (Wildman–Crippen LogP) is 1.41. The molecule has 3 heteroatoms. The van der Waals surface area contributed by atoms with Gasteiger partial charge in [0.05, 0.1) is 12.7 Å². The van der Waals surface area contributed by atoms with Crippen LogP contribution in [0.1, 0.15) is 39.0 Å². The van der Waals surface area contributed by atoms with E-state index in [4.69, 9.17) is 15.2 Å². The molecular weight excluding hydrogens is 166 g/mol. The Balaban J connectivity index is 1.94. The lowest BCUT2D eigenvalue weighted by atomic mass is 9.94. The number of hydrogen-bond acceptors (Lipinski definition) is 3. The molecule has 1 saturated heterocycles. The molecule has 76 valence electrons. The van der Waals surface area contributed by atoms with Gasteiger partial charge in [0.2, 0.25) is 0 Å². The lowest BCUT2D eigenvalue weighted by Gasteiger charge is -2.32. The Hall–Kier alpha value is -0.120. The van der Waals surface area contributed by atoms with Gasteiger partial charge < -0.3 is 15.2 Å². The molecule has 2 N–H and O–H groups in total. The van der Waals surface area contributed by atoms with Gasteiger partial charge in [-0.2, -0.15) is 0 Å². The molecule has 2 fully saturated rings. The molecular formula is C10H19NO2. The van der Waals surface area contributed by atoms with E-state index in [0.717, 1.165) is 12.8 Å². The normalized spacial score (nSPS) is 35.1. The first kappa shape index (κ1) is 9.44. The van der Waals surface area contributed by atoms with Crippen molar-refractivity contribution in [2.75, 3.05) is 6.61 Å². The summed E-state index contributed by atoms with van der Waals surface area (Å²) in [6.45, 7) is 2.66. The van der Waals surface area contributed by atoms with Crippen LogP contribution in [0.3, 0.4) is 0 Å². The van der Waals surface area contributed by atoms with Crippen LogP contribution in [0, 0.1) is 0 Å². The summed E-state index contributed by atoms with van der Waals surface area (Å²) in [6, 6.07) is 0.0845. The van der Waals surface area contributed by atoms with Crippen LogP contribution in [0.2, 0.25) is 0 Å². The molecule has 0 radical (unpaired) electrons. The van der Waals surface area contributed by atoms with Crippen molar-refractivity contribution in [3.8, 4) is 0 Å². The van der Waals surface area contributed by atoms with Gasteiger partial charge in [-0.15, -0.1) is 0 Å². The maximum Gasteiger partial charge on any atom is 0.168 e. The van der Waals surface area contributed by atoms with Crippen LogP contribution < -0.4 is 5.73 Å². The highest BCUT2D eigenvalue weighted by molar-refractivity contribution is 4.85. The highest BCUT2D eigenvalue weighted by Crippen LogP contribution is 2.38. The molecule has 1 heterocycles. The number of ether oxygens (including phenoxy) is 2. The van der Waals surface area contributed by atoms with Gasteiger partial charge in [-0.1, -0.05) is 6.42 Å². The van der Waals surface area contributed by atoms with Gasteiger partial charge in [0, 0.05) is 18.9 Å². The summed E-state index contributed by atoms with van der Waals surface area (Å²) in [5, 5.41) is 0. The van der Waals surface area contributed by atoms with E-state index >= 15 is 0 Å². The fraction of sp³-hybridized carbons (Fsp3) is 1.00. The zero-order valence-corrected chi connectivity index (χ0v) is 8.29. The molecule has 0 aromatic rings. The molecule has 0 unspecified atom stereocenters. The van der Waals surface area contributed by atoms with Crippen molar-refractivity contribution in [1.82, 2.24) is 0 Å². The molecule has 2 rings (SSSR count). The minimum atomic E-state index is -0.253. The summed E-state index contributed by atoms with van der Waals surface area (Å²) in [6.07, 6.45) is 5.99. The zero-order chi connectivity index (χ0) is 9.31. The molecule has 1 spiro atoms. The van der Waals surface area contributed by atoms with Crippen molar-refractivity contribution in [2.45, 2.75) is 57.0 Å². The van der Waals surface area contributed by atoms with E-state index in [1.807, 2.05) is 6.92 Å². The number of rotatable bonds is 1. The average Bonchev–Trinajstić information content (AvgIpc) is 2.51. The van der Waals surface area contributed by atoms with Crippen LogP contribution >= 0.6 is 0 Å². The summed E-state index contributed by atoms with van der Waals surface area (Å²) in [5.74, 6) is -0.253. The standard InChI is InChI=1S/C10H19NO2/c1-8(11)9-7-12-10(13-9)5-3-2-4-6-10/h8-9H,2-7,11H2,1H3/t8-,9+/m1/s1. The molecule has 1 aliphatic carbocycles. The lowest BCUT2D eigenvalue weighted by molar-refractivity contribution is -0.188. The van der Waals surface area contributed by atoms with E-state index in [0.29, 0.717) is 6.61 Å². The van der Waals surface area contributed by atoms with Crippen LogP contribution in [0.4, 0.5) is 0 Å². The third kappa shape index (κ3) is 1.87. The third-order valence-electron chi connectivity index (χ3n) is 3.08. The van der Waals surface area contributed by atoms with Crippen molar-refractivity contribution in [3.05, 3.63) is 0 Å². The first-order chi connectivity index (χ1) is 6.22. The Morgan fingerprint density at radius 1 is 1.31 bits per heavy atom. The zero-order valence-electron chi connectivity index (χ0n) is 8.29. The Morgan fingerprint density at radius 2 is 2.00 bits per heavy atom. The second-order valence-electron chi connectivity index (χ2n) is 4.30. The van der Waals surface area contributed by atoms with Gasteiger partial charge in [-0.25, -0.2) is 0 Å². The highest BCUT2D eigenvalue weighted by atomic mass is 16.7. The second kappa shape index (κ2) is 3.56. The predicted molar refractivity (Wildman–Crippen MR) is 50.3 cm³/mol. The highest BCUT2D eigenvalue weighted by Gasteiger charge is 2.43. The third-order valence-corrected chi connectivity index (χ3v) is 3.08. The quantitative estimate of drug-likeness (QED) is 0.671. The van der Waals surface area contributed by atoms with Crippen molar-refractivity contribution in [3.63, 3.8) is 0 Å². The van der Waals surface area contributed by atoms with Gasteiger partial charge >= 0.3 is 0 Å². The van der Waals surface area contributed by atoms with E-state index in [2.05, 4.69) is 0 Å². The monoisotopic (exact) mass is 185 g/mol. The van der Waals surface area contributed by atoms with Crippen molar-refractivity contribution >= 4 is 0 Å². The van der Waals surface area contributed by atoms with Crippen LogP contribution in [0.5, 0.6) is 0 Å². The van der Waals surface area contributed by atoms with E-state index in [1.54, 1.807) is 0 Å². The average molecular weight is 185 g/mol. The molecule has 0 amide bonds. The first-order valence-electron chi connectivity index (χ1n) is 5.29. The molecule has 0 aromatic carbocycles. The van der Waals surface area contributed by atoms with Gasteiger partial charge in [0.25, 0.3) is 0 Å². The lowest BCUT2D eigenvalue weighted by Crippen LogP contribution is -2.38. The molecule has 1 saturated carbocycles. The Morgan fingerprint density at radius 3 is 2.54 bits per heavy atom. The summed E-state index contributed by atoms with van der Waals surface area (Å²) >= 11 is 0. The second-order valence-corrected chi connectivity index (χ2v) is 4.30. The van der Waals surface area contributed by atoms with E-state index < -0.39 is 0 Å². The Labute approximate surface area is 79.6 Å². The van der Waals surface area contributed by atoms with Gasteiger partial charge in [-0.05, 0) is 19.8 Å². The van der Waals surface area contributed by atoms with Crippen LogP contribution in [-0.4, -0.2) is 24.5 Å². The molecule has 2 atom stereocenters. The molecule has 2 aliphatic rings. The SMILES string of the molecule is C[C@@H](N)[C@@H]1COC2(CCCCC2)O1. The van der Waals surface area contributed by atoms with Crippen molar-refractivity contribution in [2.24, 2.45) is 5.73 Å². The maximum absolute atomic E-state index is 5.90. The number of hydrogen-bond donors (Lipinski definition) is 1. The van der Waals surface area contributed by atoms with E-state index in [9.17, 15) is 0 Å². The molecule has 1 aliphatic heterocycles. The van der Waals surface area contributed by atoms with Crippen LogP contribution in [-0.2, 0) is 9.47 Å². The summed E-state index contributed by atoms with van der Waals surface area (Å²) in [5.41, 5.74) is 5.78. The Kier molecular flexibility index (Phi) is 2.58. The number of nitrogens with two attached hydrogens (primary N) is 1. The van der Waals surface area contributed by atoms with E-state index in [1.165, 1.54) is 19.3 Å². The fourth-order valence-corrected chi connectivity index (χ4v) is 2.19. The minimum absolute atomic E-state index is 0.0845. The Bertz CT molecular complexity index is 176. The summed E-state index contributed by atoms with van der Waals surface area (Å²) in [7, 11) is 0. The largest absolute Gasteiger partial charge is 0.347 e. The molecule has 13 heavy (non-hydrogen) atoms. The van der Waals surface area contributed by atoms with Crippen LogP contribution in [0.15, 0.2) is 0 Å². The summed E-state index contributed by atoms with van der Waals surface area (Å²) in [4.78, 5) is 0. The van der Waals surface area contributed by atoms with E-state index in [-0.39, 0.29) is 17.9 Å². The topological polar surface area (TPSA) is 44.5 Å². The first-order valence-corrected chi connectivity index (χ1v) is 5.29. The summed E-state index contributed by atoms with van der Waals surface area (Å²) < 4.78 is 11.7. The molecule has 0 bridgehead atoms. The van der Waals surface area contributed by atoms with Crippen molar-refractivity contribution in [1.29, 1.82) is 0 Å². The molecule has 0 aromatic heterocycles. The van der Waals surface area contributed by atoms with Crippen molar-refractivity contribution < 1.29 is 9.47 Å². The minimum Gasteiger partial charge on any atom is -0.347 e. The maximum atomic E-state index is 5.90. The van der Waals surface area contributed by atoms with Gasteiger partial charge in [0.1, 0.15) is 0 Å². The van der Waals surface area contributed by atoms with Crippen LogP contribution in [0.25, 0.3) is 0 Å². The molecule has 3 nitrogen and oxygen atoms in total.